The maximum Gasteiger partial charge on any atom is 0.408 e. The van der Waals surface area contributed by atoms with Crippen LogP contribution in [0.2, 0.25) is 0 Å². The Bertz CT molecular complexity index is 1070. The smallest absolute Gasteiger partial charge is 0.408 e. The summed E-state index contributed by atoms with van der Waals surface area (Å²) in [6.45, 7) is 7.95. The Balaban J connectivity index is 2.37. The number of ether oxygens (including phenoxy) is 1. The molecule has 0 aliphatic heterocycles. The van der Waals surface area contributed by atoms with Crippen LogP contribution in [0.5, 0.6) is 5.75 Å². The summed E-state index contributed by atoms with van der Waals surface area (Å²) < 4.78 is 5.36. The van der Waals surface area contributed by atoms with Gasteiger partial charge in [0.05, 0.1) is 0 Å². The highest BCUT2D eigenvalue weighted by atomic mass is 32.1. The van der Waals surface area contributed by atoms with Crippen LogP contribution in [-0.4, -0.2) is 51.9 Å². The first-order chi connectivity index (χ1) is 19.1. The molecule has 2 aromatic rings. The van der Waals surface area contributed by atoms with E-state index in [1.54, 1.807) is 32.9 Å². The van der Waals surface area contributed by atoms with Crippen molar-refractivity contribution < 1.29 is 24.2 Å². The average molecular weight is 572 g/mol. The van der Waals surface area contributed by atoms with Gasteiger partial charge in [0.15, 0.2) is 0 Å². The van der Waals surface area contributed by atoms with Gasteiger partial charge in [-0.05, 0) is 50.5 Å². The Morgan fingerprint density at radius 2 is 1.65 bits per heavy atom. The molecule has 0 radical (unpaired) electrons. The van der Waals surface area contributed by atoms with Crippen LogP contribution >= 0.6 is 12.6 Å². The van der Waals surface area contributed by atoms with Crippen molar-refractivity contribution in [2.45, 2.75) is 90.4 Å². The van der Waals surface area contributed by atoms with Crippen LogP contribution in [0.3, 0.4) is 0 Å². The van der Waals surface area contributed by atoms with Crippen LogP contribution in [-0.2, 0) is 20.9 Å². The number of alkyl carbamates (subject to hydrolysis) is 1. The van der Waals surface area contributed by atoms with E-state index in [-0.39, 0.29) is 24.0 Å². The summed E-state index contributed by atoms with van der Waals surface area (Å²) >= 11 is 4.34. The second-order valence-corrected chi connectivity index (χ2v) is 11.2. The molecule has 0 spiro atoms. The van der Waals surface area contributed by atoms with E-state index < -0.39 is 29.7 Å². The molecule has 0 aliphatic rings. The van der Waals surface area contributed by atoms with Gasteiger partial charge in [-0.25, -0.2) is 4.79 Å². The van der Waals surface area contributed by atoms with Gasteiger partial charge in [0.1, 0.15) is 23.4 Å². The number of hydrogen-bond acceptors (Lipinski definition) is 6. The first-order valence-electron chi connectivity index (χ1n) is 14.1. The van der Waals surface area contributed by atoms with Gasteiger partial charge in [0.2, 0.25) is 11.8 Å². The van der Waals surface area contributed by atoms with Crippen molar-refractivity contribution in [1.82, 2.24) is 15.5 Å². The molecule has 0 fully saturated rings. The fraction of sp³-hybridized carbons (Fsp3) is 0.516. The van der Waals surface area contributed by atoms with Crippen molar-refractivity contribution in [2.75, 3.05) is 12.3 Å². The second-order valence-electron chi connectivity index (χ2n) is 10.9. The number of thiol groups is 1. The molecular weight excluding hydrogens is 526 g/mol. The van der Waals surface area contributed by atoms with Crippen molar-refractivity contribution >= 4 is 30.5 Å². The molecule has 0 aliphatic carbocycles. The highest BCUT2D eigenvalue weighted by Crippen LogP contribution is 2.26. The summed E-state index contributed by atoms with van der Waals surface area (Å²) in [4.78, 5) is 41.8. The predicted octanol–water partition coefficient (Wildman–Crippen LogP) is 5.76. The van der Waals surface area contributed by atoms with Gasteiger partial charge < -0.3 is 25.4 Å². The highest BCUT2D eigenvalue weighted by molar-refractivity contribution is 7.80. The van der Waals surface area contributed by atoms with Crippen molar-refractivity contribution in [3.63, 3.8) is 0 Å². The zero-order chi connectivity index (χ0) is 29.5. The molecule has 9 heteroatoms. The van der Waals surface area contributed by atoms with Crippen LogP contribution in [0.25, 0.3) is 0 Å². The summed E-state index contributed by atoms with van der Waals surface area (Å²) in [6.07, 6.45) is 5.26. The standard InChI is InChI=1S/C31H45N3O5S/c1-5-6-7-8-9-13-19-34(29(37)26(22-40)33-30(38)39-31(2,3)4)27(24-17-14-18-25(35)20-24)28(36)32-21-23-15-11-10-12-16-23/h10-12,14-18,20,26-27,35,40H,5-9,13,19,21-22H2,1-4H3,(H,32,36)(H,33,38). The van der Waals surface area contributed by atoms with Crippen LogP contribution in [0.15, 0.2) is 54.6 Å². The Morgan fingerprint density at radius 1 is 0.975 bits per heavy atom. The number of phenolic OH excluding ortho intramolecular Hbond substituents is 1. The number of rotatable bonds is 15. The lowest BCUT2D eigenvalue weighted by Crippen LogP contribution is -2.54. The maximum absolute atomic E-state index is 14.0. The average Bonchev–Trinajstić information content (AvgIpc) is 2.91. The first-order valence-corrected chi connectivity index (χ1v) is 14.7. The van der Waals surface area contributed by atoms with E-state index in [0.717, 1.165) is 37.7 Å². The molecule has 2 rings (SSSR count). The molecule has 0 saturated heterocycles. The first kappa shape index (κ1) is 33.0. The number of carbonyl (C=O) groups excluding carboxylic acids is 3. The lowest BCUT2D eigenvalue weighted by molar-refractivity contribution is -0.142. The van der Waals surface area contributed by atoms with Gasteiger partial charge in [-0.3, -0.25) is 9.59 Å². The van der Waals surface area contributed by atoms with E-state index in [1.165, 1.54) is 17.0 Å². The molecule has 2 aromatic carbocycles. The van der Waals surface area contributed by atoms with Gasteiger partial charge >= 0.3 is 6.09 Å². The molecule has 3 N–H and O–H groups in total. The van der Waals surface area contributed by atoms with Crippen molar-refractivity contribution in [2.24, 2.45) is 0 Å². The number of aromatic hydroxyl groups is 1. The molecule has 2 unspecified atom stereocenters. The molecule has 0 saturated carbocycles. The molecule has 2 atom stereocenters. The zero-order valence-corrected chi connectivity index (χ0v) is 25.1. The number of nitrogens with zero attached hydrogens (tertiary/aromatic N) is 1. The lowest BCUT2D eigenvalue weighted by atomic mass is 10.0. The highest BCUT2D eigenvalue weighted by Gasteiger charge is 2.35. The van der Waals surface area contributed by atoms with E-state index in [1.807, 2.05) is 30.3 Å². The molecule has 220 valence electrons. The number of nitrogens with one attached hydrogen (secondary N) is 2. The number of unbranched alkanes of at least 4 members (excludes halogenated alkanes) is 5. The monoisotopic (exact) mass is 571 g/mol. The zero-order valence-electron chi connectivity index (χ0n) is 24.2. The van der Waals surface area contributed by atoms with E-state index in [0.29, 0.717) is 18.5 Å². The maximum atomic E-state index is 14.0. The molecule has 8 nitrogen and oxygen atoms in total. The number of phenols is 1. The minimum Gasteiger partial charge on any atom is -0.508 e. The molecule has 0 aromatic heterocycles. The normalized spacial score (nSPS) is 12.7. The van der Waals surface area contributed by atoms with Crippen LogP contribution in [0, 0.1) is 0 Å². The van der Waals surface area contributed by atoms with Gasteiger partial charge in [0, 0.05) is 18.8 Å². The topological polar surface area (TPSA) is 108 Å². The third-order valence-corrected chi connectivity index (χ3v) is 6.63. The van der Waals surface area contributed by atoms with Crippen LogP contribution < -0.4 is 10.6 Å². The van der Waals surface area contributed by atoms with Crippen LogP contribution in [0.1, 0.15) is 83.4 Å². The summed E-state index contributed by atoms with van der Waals surface area (Å²) in [6, 6.07) is 13.8. The summed E-state index contributed by atoms with van der Waals surface area (Å²) in [7, 11) is 0. The minimum absolute atomic E-state index is 0.0112. The molecule has 0 bridgehead atoms. The molecule has 0 heterocycles. The predicted molar refractivity (Wildman–Crippen MR) is 161 cm³/mol. The van der Waals surface area contributed by atoms with Crippen molar-refractivity contribution in [1.29, 1.82) is 0 Å². The van der Waals surface area contributed by atoms with E-state index in [4.69, 9.17) is 4.74 Å². The fourth-order valence-corrected chi connectivity index (χ4v) is 4.56. The van der Waals surface area contributed by atoms with E-state index in [2.05, 4.69) is 30.2 Å². The largest absolute Gasteiger partial charge is 0.508 e. The second kappa shape index (κ2) is 16.8. The molecule has 3 amide bonds. The number of carbonyl (C=O) groups is 3. The molecular formula is C31H45N3O5S. The van der Waals surface area contributed by atoms with Gasteiger partial charge in [-0.2, -0.15) is 12.6 Å². The Hall–Kier alpha value is -3.20. The van der Waals surface area contributed by atoms with Gasteiger partial charge in [-0.15, -0.1) is 0 Å². The van der Waals surface area contributed by atoms with Gasteiger partial charge in [0.25, 0.3) is 0 Å². The SMILES string of the molecule is CCCCCCCCN(C(=O)C(CS)NC(=O)OC(C)(C)C)C(C(=O)NCc1ccccc1)c1cccc(O)c1. The van der Waals surface area contributed by atoms with Crippen molar-refractivity contribution in [3.8, 4) is 5.75 Å². The third-order valence-electron chi connectivity index (χ3n) is 6.26. The molecule has 40 heavy (non-hydrogen) atoms. The van der Waals surface area contributed by atoms with E-state index in [9.17, 15) is 19.5 Å². The number of amides is 3. The minimum atomic E-state index is -1.03. The fourth-order valence-electron chi connectivity index (χ4n) is 4.31. The number of benzene rings is 2. The lowest BCUT2D eigenvalue weighted by Gasteiger charge is -2.34. The Kier molecular flexibility index (Phi) is 13.9. The summed E-state index contributed by atoms with van der Waals surface area (Å²) in [5.41, 5.74) is 0.646. The van der Waals surface area contributed by atoms with E-state index >= 15 is 0 Å². The quantitative estimate of drug-likeness (QED) is 0.161. The summed E-state index contributed by atoms with van der Waals surface area (Å²) in [5, 5.41) is 15.8. The van der Waals surface area contributed by atoms with Crippen LogP contribution in [0.4, 0.5) is 4.79 Å². The Labute approximate surface area is 244 Å². The third kappa shape index (κ3) is 11.5. The summed E-state index contributed by atoms with van der Waals surface area (Å²) in [5.74, 6) is -0.826. The van der Waals surface area contributed by atoms with Crippen molar-refractivity contribution in [3.05, 3.63) is 65.7 Å². The number of hydrogen-bond donors (Lipinski definition) is 4. The van der Waals surface area contributed by atoms with Gasteiger partial charge in [-0.1, -0.05) is 81.5 Å². The Morgan fingerprint density at radius 3 is 2.27 bits per heavy atom.